The Morgan fingerprint density at radius 2 is 1.92 bits per heavy atom. The number of hydrogen-bond donors (Lipinski definition) is 0. The van der Waals surface area contributed by atoms with Crippen molar-refractivity contribution in [2.75, 3.05) is 20.5 Å². The van der Waals surface area contributed by atoms with E-state index in [1.165, 1.54) is 7.11 Å². The highest BCUT2D eigenvalue weighted by atomic mass is 16.7. The molecule has 0 N–H and O–H groups in total. The normalized spacial score (nSPS) is 12.1. The maximum absolute atomic E-state index is 11.9. The third-order valence-corrected chi connectivity index (χ3v) is 3.80. The molecule has 5 heteroatoms. The third kappa shape index (κ3) is 3.45. The van der Waals surface area contributed by atoms with Gasteiger partial charge in [-0.25, -0.2) is 4.79 Å². The molecule has 2 aromatic rings. The topological polar surface area (TPSA) is 54.0 Å². The van der Waals surface area contributed by atoms with E-state index in [0.29, 0.717) is 23.7 Å². The molecule has 5 nitrogen and oxygen atoms in total. The van der Waals surface area contributed by atoms with Crippen LogP contribution < -0.4 is 14.2 Å². The number of methoxy groups -OCH3 is 1. The Kier molecular flexibility index (Phi) is 4.89. The average molecular weight is 328 g/mol. The van der Waals surface area contributed by atoms with Crippen molar-refractivity contribution in [3.63, 3.8) is 0 Å². The molecule has 1 aliphatic rings. The van der Waals surface area contributed by atoms with Gasteiger partial charge in [0.1, 0.15) is 5.75 Å². The number of rotatable bonds is 6. The van der Waals surface area contributed by atoms with Gasteiger partial charge < -0.3 is 18.9 Å². The van der Waals surface area contributed by atoms with Crippen LogP contribution in [0, 0.1) is 0 Å². The first-order valence-corrected chi connectivity index (χ1v) is 7.97. The molecule has 126 valence electrons. The molecule has 0 fully saturated rings. The smallest absolute Gasteiger partial charge is 0.338 e. The fraction of sp³-hybridized carbons (Fsp3) is 0.316. The molecule has 0 spiro atoms. The number of fused-ring (bicyclic) bond motifs is 1. The van der Waals surface area contributed by atoms with Gasteiger partial charge in [0, 0.05) is 0 Å². The predicted octanol–water partition coefficient (Wildman–Crippen LogP) is 4.05. The highest BCUT2D eigenvalue weighted by Crippen LogP contribution is 2.37. The van der Waals surface area contributed by atoms with Crippen LogP contribution in [-0.2, 0) is 4.74 Å². The molecular weight excluding hydrogens is 308 g/mol. The maximum Gasteiger partial charge on any atom is 0.338 e. The molecule has 0 radical (unpaired) electrons. The number of ether oxygens (including phenoxy) is 4. The standard InChI is InChI=1S/C19H20O5/c1-3-4-7-22-16-9-14(8-15(10-16)19(20)21-2)13-5-6-17-18(11-13)24-12-23-17/h5-6,8-11H,3-4,7,12H2,1-2H3. The molecule has 3 rings (SSSR count). The van der Waals surface area contributed by atoms with Crippen LogP contribution in [0.25, 0.3) is 11.1 Å². The van der Waals surface area contributed by atoms with Gasteiger partial charge in [0.2, 0.25) is 6.79 Å². The Labute approximate surface area is 141 Å². The summed E-state index contributed by atoms with van der Waals surface area (Å²) in [6.45, 7) is 2.94. The summed E-state index contributed by atoms with van der Waals surface area (Å²) in [5.74, 6) is 1.68. The maximum atomic E-state index is 11.9. The lowest BCUT2D eigenvalue weighted by Gasteiger charge is -2.11. The molecule has 0 bridgehead atoms. The van der Waals surface area contributed by atoms with Crippen LogP contribution >= 0.6 is 0 Å². The van der Waals surface area contributed by atoms with Gasteiger partial charge in [0.25, 0.3) is 0 Å². The highest BCUT2D eigenvalue weighted by Gasteiger charge is 2.16. The fourth-order valence-corrected chi connectivity index (χ4v) is 2.50. The molecule has 1 heterocycles. The van der Waals surface area contributed by atoms with Gasteiger partial charge in [-0.15, -0.1) is 0 Å². The van der Waals surface area contributed by atoms with E-state index in [9.17, 15) is 4.79 Å². The molecule has 24 heavy (non-hydrogen) atoms. The van der Waals surface area contributed by atoms with Crippen LogP contribution in [0.3, 0.4) is 0 Å². The summed E-state index contributed by atoms with van der Waals surface area (Å²) in [5.41, 5.74) is 2.24. The van der Waals surface area contributed by atoms with Gasteiger partial charge in [0.15, 0.2) is 11.5 Å². The Morgan fingerprint density at radius 1 is 1.08 bits per heavy atom. The Morgan fingerprint density at radius 3 is 2.71 bits per heavy atom. The van der Waals surface area contributed by atoms with E-state index in [0.717, 1.165) is 29.7 Å². The van der Waals surface area contributed by atoms with Crippen molar-refractivity contribution in [1.82, 2.24) is 0 Å². The lowest BCUT2D eigenvalue weighted by atomic mass is 10.0. The monoisotopic (exact) mass is 328 g/mol. The fourth-order valence-electron chi connectivity index (χ4n) is 2.50. The molecule has 0 aromatic heterocycles. The molecule has 0 saturated heterocycles. The molecule has 0 amide bonds. The van der Waals surface area contributed by atoms with Gasteiger partial charge in [-0.2, -0.15) is 0 Å². The van der Waals surface area contributed by atoms with Crippen LogP contribution in [0.15, 0.2) is 36.4 Å². The zero-order valence-corrected chi connectivity index (χ0v) is 13.8. The second-order valence-electron chi connectivity index (χ2n) is 5.51. The van der Waals surface area contributed by atoms with Crippen LogP contribution in [0.1, 0.15) is 30.1 Å². The Bertz CT molecular complexity index is 739. The van der Waals surface area contributed by atoms with Crippen LogP contribution in [0.5, 0.6) is 17.2 Å². The Hall–Kier alpha value is -2.69. The molecule has 0 saturated carbocycles. The summed E-state index contributed by atoms with van der Waals surface area (Å²) in [5, 5.41) is 0. The molecule has 0 aliphatic carbocycles. The van der Waals surface area contributed by atoms with Crippen molar-refractivity contribution >= 4 is 5.97 Å². The zero-order chi connectivity index (χ0) is 16.9. The number of hydrogen-bond acceptors (Lipinski definition) is 5. The van der Waals surface area contributed by atoms with Crippen molar-refractivity contribution < 1.29 is 23.7 Å². The van der Waals surface area contributed by atoms with E-state index in [1.54, 1.807) is 12.1 Å². The van der Waals surface area contributed by atoms with Crippen LogP contribution in [0.4, 0.5) is 0 Å². The van der Waals surface area contributed by atoms with E-state index in [2.05, 4.69) is 6.92 Å². The SMILES string of the molecule is CCCCOc1cc(C(=O)OC)cc(-c2ccc3c(c2)OCO3)c1. The average Bonchev–Trinajstić information content (AvgIpc) is 3.08. The minimum Gasteiger partial charge on any atom is -0.494 e. The van der Waals surface area contributed by atoms with Crippen molar-refractivity contribution in [3.05, 3.63) is 42.0 Å². The lowest BCUT2D eigenvalue weighted by Crippen LogP contribution is -2.03. The number of benzene rings is 2. The van der Waals surface area contributed by atoms with Gasteiger partial charge in [-0.05, 0) is 47.9 Å². The van der Waals surface area contributed by atoms with Gasteiger partial charge in [-0.3, -0.25) is 0 Å². The molecule has 0 unspecified atom stereocenters. The van der Waals surface area contributed by atoms with Crippen LogP contribution in [-0.4, -0.2) is 26.5 Å². The zero-order valence-electron chi connectivity index (χ0n) is 13.8. The molecule has 1 aliphatic heterocycles. The first-order chi connectivity index (χ1) is 11.7. The van der Waals surface area contributed by atoms with Crippen LogP contribution in [0.2, 0.25) is 0 Å². The number of esters is 1. The summed E-state index contributed by atoms with van der Waals surface area (Å²) >= 11 is 0. The second kappa shape index (κ2) is 7.25. The summed E-state index contributed by atoms with van der Waals surface area (Å²) < 4.78 is 21.4. The van der Waals surface area contributed by atoms with E-state index in [-0.39, 0.29) is 6.79 Å². The van der Waals surface area contributed by atoms with E-state index < -0.39 is 5.97 Å². The molecule has 0 atom stereocenters. The number of unbranched alkanes of at least 4 members (excludes halogenated alkanes) is 1. The van der Waals surface area contributed by atoms with Gasteiger partial charge in [0.05, 0.1) is 19.3 Å². The Balaban J connectivity index is 1.96. The van der Waals surface area contributed by atoms with E-state index in [4.69, 9.17) is 18.9 Å². The molecular formula is C19H20O5. The van der Waals surface area contributed by atoms with Crippen molar-refractivity contribution in [1.29, 1.82) is 0 Å². The summed E-state index contributed by atoms with van der Waals surface area (Å²) in [4.78, 5) is 11.9. The first-order valence-electron chi connectivity index (χ1n) is 7.97. The summed E-state index contributed by atoms with van der Waals surface area (Å²) in [6.07, 6.45) is 2.01. The molecule has 2 aromatic carbocycles. The summed E-state index contributed by atoms with van der Waals surface area (Å²) in [7, 11) is 1.37. The van der Waals surface area contributed by atoms with Gasteiger partial charge in [-0.1, -0.05) is 19.4 Å². The number of carbonyl (C=O) groups excluding carboxylic acids is 1. The van der Waals surface area contributed by atoms with E-state index in [1.807, 2.05) is 24.3 Å². The van der Waals surface area contributed by atoms with Crippen molar-refractivity contribution in [2.24, 2.45) is 0 Å². The lowest BCUT2D eigenvalue weighted by molar-refractivity contribution is 0.0600. The van der Waals surface area contributed by atoms with Gasteiger partial charge >= 0.3 is 5.97 Å². The minimum absolute atomic E-state index is 0.229. The van der Waals surface area contributed by atoms with E-state index >= 15 is 0 Å². The number of carbonyl (C=O) groups is 1. The second-order valence-corrected chi connectivity index (χ2v) is 5.51. The summed E-state index contributed by atoms with van der Waals surface area (Å²) in [6, 6.07) is 11.1. The third-order valence-electron chi connectivity index (χ3n) is 3.80. The quantitative estimate of drug-likeness (QED) is 0.591. The first kappa shape index (κ1) is 16.2. The highest BCUT2D eigenvalue weighted by molar-refractivity contribution is 5.91. The predicted molar refractivity (Wildman–Crippen MR) is 89.7 cm³/mol. The largest absolute Gasteiger partial charge is 0.494 e. The van der Waals surface area contributed by atoms with Crippen molar-refractivity contribution in [2.45, 2.75) is 19.8 Å². The van der Waals surface area contributed by atoms with Crippen molar-refractivity contribution in [3.8, 4) is 28.4 Å². The minimum atomic E-state index is -0.391.